The van der Waals surface area contributed by atoms with E-state index in [-0.39, 0.29) is 0 Å². The molecular formula is C9H7F5O. The zero-order valence-electron chi connectivity index (χ0n) is 7.62. The standard InChI is InChI=1S/C9H7F5O/c1-3(2-15)4-5(10)7(12)9(14)8(13)6(4)11/h3,15H,2H2,1H3. The van der Waals surface area contributed by atoms with Crippen molar-refractivity contribution < 1.29 is 27.1 Å². The van der Waals surface area contributed by atoms with E-state index in [0.29, 0.717) is 0 Å². The van der Waals surface area contributed by atoms with Gasteiger partial charge in [-0.25, -0.2) is 22.0 Å². The van der Waals surface area contributed by atoms with Crippen LogP contribution in [0.5, 0.6) is 0 Å². The molecule has 1 nitrogen and oxygen atoms in total. The lowest BCUT2D eigenvalue weighted by Crippen LogP contribution is -2.11. The molecule has 0 spiro atoms. The third kappa shape index (κ3) is 1.81. The van der Waals surface area contributed by atoms with Crippen molar-refractivity contribution in [2.75, 3.05) is 6.61 Å². The van der Waals surface area contributed by atoms with E-state index in [1.807, 2.05) is 0 Å². The first-order valence-corrected chi connectivity index (χ1v) is 4.04. The van der Waals surface area contributed by atoms with Gasteiger partial charge in [-0.05, 0) is 0 Å². The van der Waals surface area contributed by atoms with Crippen molar-refractivity contribution in [1.82, 2.24) is 0 Å². The van der Waals surface area contributed by atoms with E-state index in [1.165, 1.54) is 0 Å². The number of rotatable bonds is 2. The summed E-state index contributed by atoms with van der Waals surface area (Å²) in [5.41, 5.74) is -0.992. The van der Waals surface area contributed by atoms with Gasteiger partial charge in [0.25, 0.3) is 0 Å². The average molecular weight is 226 g/mol. The summed E-state index contributed by atoms with van der Waals surface area (Å²) in [7, 11) is 0. The summed E-state index contributed by atoms with van der Waals surface area (Å²) in [6.45, 7) is 0.441. The second-order valence-electron chi connectivity index (χ2n) is 3.07. The summed E-state index contributed by atoms with van der Waals surface area (Å²) in [4.78, 5) is 0. The maximum absolute atomic E-state index is 13.0. The number of hydrogen-bond donors (Lipinski definition) is 1. The Labute approximate surface area is 82.1 Å². The van der Waals surface area contributed by atoms with Gasteiger partial charge in [-0.3, -0.25) is 0 Å². The van der Waals surface area contributed by atoms with Crippen LogP contribution in [0.25, 0.3) is 0 Å². The lowest BCUT2D eigenvalue weighted by molar-refractivity contribution is 0.262. The van der Waals surface area contributed by atoms with Crippen LogP contribution in [0.2, 0.25) is 0 Å². The van der Waals surface area contributed by atoms with Crippen molar-refractivity contribution in [3.8, 4) is 0 Å². The van der Waals surface area contributed by atoms with Gasteiger partial charge in [0.1, 0.15) is 0 Å². The molecule has 0 heterocycles. The summed E-state index contributed by atoms with van der Waals surface area (Å²) in [6, 6.07) is 0. The molecule has 84 valence electrons. The number of aliphatic hydroxyl groups excluding tert-OH is 1. The molecule has 0 amide bonds. The van der Waals surface area contributed by atoms with Crippen molar-refractivity contribution in [3.05, 3.63) is 34.6 Å². The van der Waals surface area contributed by atoms with Crippen LogP contribution in [0.4, 0.5) is 22.0 Å². The van der Waals surface area contributed by atoms with Crippen LogP contribution in [-0.4, -0.2) is 11.7 Å². The molecule has 1 atom stereocenters. The molecule has 0 radical (unpaired) electrons. The summed E-state index contributed by atoms with van der Waals surface area (Å²) in [5.74, 6) is -11.1. The van der Waals surface area contributed by atoms with Crippen LogP contribution >= 0.6 is 0 Å². The Balaban J connectivity index is 3.52. The molecule has 1 aromatic rings. The zero-order chi connectivity index (χ0) is 11.7. The fraction of sp³-hybridized carbons (Fsp3) is 0.333. The van der Waals surface area contributed by atoms with Crippen molar-refractivity contribution in [3.63, 3.8) is 0 Å². The molecule has 15 heavy (non-hydrogen) atoms. The minimum absolute atomic E-state index is 0.710. The summed E-state index contributed by atoms with van der Waals surface area (Å²) in [6.07, 6.45) is 0. The number of hydrogen-bond acceptors (Lipinski definition) is 1. The van der Waals surface area contributed by atoms with Crippen LogP contribution < -0.4 is 0 Å². The highest BCUT2D eigenvalue weighted by Gasteiger charge is 2.28. The molecule has 0 bridgehead atoms. The molecule has 0 aliphatic rings. The summed E-state index contributed by atoms with van der Waals surface area (Å²) in [5, 5.41) is 8.62. The molecule has 1 N–H and O–H groups in total. The first-order valence-electron chi connectivity index (χ1n) is 4.04. The maximum Gasteiger partial charge on any atom is 0.200 e. The van der Waals surface area contributed by atoms with E-state index < -0.39 is 47.2 Å². The van der Waals surface area contributed by atoms with Gasteiger partial charge in [0.05, 0.1) is 0 Å². The van der Waals surface area contributed by atoms with Crippen LogP contribution in [-0.2, 0) is 0 Å². The molecule has 1 unspecified atom stereocenters. The number of aliphatic hydroxyl groups is 1. The topological polar surface area (TPSA) is 20.2 Å². The molecule has 6 heteroatoms. The van der Waals surface area contributed by atoms with E-state index in [9.17, 15) is 22.0 Å². The Morgan fingerprint density at radius 2 is 1.20 bits per heavy atom. The summed E-state index contributed by atoms with van der Waals surface area (Å²) >= 11 is 0. The summed E-state index contributed by atoms with van der Waals surface area (Å²) < 4.78 is 63.9. The van der Waals surface area contributed by atoms with Crippen molar-refractivity contribution in [2.45, 2.75) is 12.8 Å². The van der Waals surface area contributed by atoms with E-state index in [1.54, 1.807) is 0 Å². The zero-order valence-corrected chi connectivity index (χ0v) is 7.62. The molecular weight excluding hydrogens is 219 g/mol. The van der Waals surface area contributed by atoms with Crippen molar-refractivity contribution in [1.29, 1.82) is 0 Å². The second kappa shape index (κ2) is 4.14. The van der Waals surface area contributed by atoms with E-state index in [4.69, 9.17) is 5.11 Å². The Hall–Kier alpha value is -1.17. The van der Waals surface area contributed by atoms with Gasteiger partial charge in [-0.2, -0.15) is 0 Å². The normalized spacial score (nSPS) is 13.0. The van der Waals surface area contributed by atoms with Gasteiger partial charge in [0, 0.05) is 18.1 Å². The Bertz CT molecular complexity index is 362. The highest BCUT2D eigenvalue weighted by atomic mass is 19.2. The van der Waals surface area contributed by atoms with Gasteiger partial charge in [0.2, 0.25) is 5.82 Å². The fourth-order valence-corrected chi connectivity index (χ4v) is 1.15. The number of halogens is 5. The van der Waals surface area contributed by atoms with Gasteiger partial charge in [-0.15, -0.1) is 0 Å². The highest BCUT2D eigenvalue weighted by molar-refractivity contribution is 5.27. The van der Waals surface area contributed by atoms with Crippen LogP contribution in [0.1, 0.15) is 18.4 Å². The third-order valence-electron chi connectivity index (χ3n) is 2.01. The van der Waals surface area contributed by atoms with E-state index in [2.05, 4.69) is 0 Å². The maximum atomic E-state index is 13.0. The van der Waals surface area contributed by atoms with Gasteiger partial charge in [-0.1, -0.05) is 6.92 Å². The SMILES string of the molecule is CC(CO)c1c(F)c(F)c(F)c(F)c1F. The van der Waals surface area contributed by atoms with Gasteiger partial charge in [0.15, 0.2) is 23.3 Å². The van der Waals surface area contributed by atoms with Crippen LogP contribution in [0.3, 0.4) is 0 Å². The Morgan fingerprint density at radius 3 is 1.53 bits per heavy atom. The second-order valence-corrected chi connectivity index (χ2v) is 3.07. The molecule has 1 aromatic carbocycles. The predicted molar refractivity (Wildman–Crippen MR) is 41.7 cm³/mol. The van der Waals surface area contributed by atoms with Crippen molar-refractivity contribution in [2.24, 2.45) is 0 Å². The van der Waals surface area contributed by atoms with Crippen LogP contribution in [0.15, 0.2) is 0 Å². The molecule has 0 fully saturated rings. The Kier molecular flexibility index (Phi) is 3.28. The molecule has 0 aromatic heterocycles. The Morgan fingerprint density at radius 1 is 0.867 bits per heavy atom. The van der Waals surface area contributed by atoms with E-state index in [0.717, 1.165) is 6.92 Å². The monoisotopic (exact) mass is 226 g/mol. The highest BCUT2D eigenvalue weighted by Crippen LogP contribution is 2.28. The molecule has 0 aliphatic heterocycles. The minimum Gasteiger partial charge on any atom is -0.396 e. The first kappa shape index (κ1) is 11.9. The first-order chi connectivity index (χ1) is 6.91. The van der Waals surface area contributed by atoms with Crippen molar-refractivity contribution >= 4 is 0 Å². The minimum atomic E-state index is -2.20. The molecule has 1 rings (SSSR count). The smallest absolute Gasteiger partial charge is 0.200 e. The number of benzene rings is 1. The van der Waals surface area contributed by atoms with Crippen LogP contribution in [0, 0.1) is 29.1 Å². The fourth-order valence-electron chi connectivity index (χ4n) is 1.15. The average Bonchev–Trinajstić information content (AvgIpc) is 2.23. The van der Waals surface area contributed by atoms with Gasteiger partial charge >= 0.3 is 0 Å². The van der Waals surface area contributed by atoms with E-state index >= 15 is 0 Å². The largest absolute Gasteiger partial charge is 0.396 e. The predicted octanol–water partition coefficient (Wildman–Crippen LogP) is 2.48. The van der Waals surface area contributed by atoms with Gasteiger partial charge < -0.3 is 5.11 Å². The lowest BCUT2D eigenvalue weighted by Gasteiger charge is -2.12. The third-order valence-corrected chi connectivity index (χ3v) is 2.01. The molecule has 0 saturated heterocycles. The quantitative estimate of drug-likeness (QED) is 0.466. The lowest BCUT2D eigenvalue weighted by atomic mass is 10.00. The molecule has 0 saturated carbocycles. The molecule has 0 aliphatic carbocycles.